The number of H-pyrrole nitrogens is 1. The van der Waals surface area contributed by atoms with Crippen molar-refractivity contribution in [3.05, 3.63) is 18.2 Å². The Kier molecular flexibility index (Phi) is 15.4. The maximum Gasteiger partial charge on any atom is 0.305 e. The molecule has 0 unspecified atom stereocenters. The molecule has 1 aromatic rings. The maximum atomic E-state index is 13.7. The van der Waals surface area contributed by atoms with Crippen LogP contribution in [0.25, 0.3) is 0 Å². The number of nitrogens with zero attached hydrogens (tertiary/aromatic N) is 3. The van der Waals surface area contributed by atoms with Crippen LogP contribution < -0.4 is 44.2 Å². The second-order valence-electron chi connectivity index (χ2n) is 11.4. The van der Waals surface area contributed by atoms with Gasteiger partial charge in [-0.15, -0.1) is 0 Å². The van der Waals surface area contributed by atoms with Crippen molar-refractivity contribution < 1.29 is 43.5 Å². The van der Waals surface area contributed by atoms with Crippen LogP contribution in [-0.4, -0.2) is 117 Å². The van der Waals surface area contributed by atoms with Gasteiger partial charge in [-0.1, -0.05) is 0 Å². The maximum absolute atomic E-state index is 13.7. The van der Waals surface area contributed by atoms with Crippen LogP contribution in [0.1, 0.15) is 57.6 Å². The lowest BCUT2D eigenvalue weighted by molar-refractivity contribution is -0.140. The van der Waals surface area contributed by atoms with Crippen LogP contribution in [0.15, 0.2) is 17.5 Å². The number of amides is 7. The fourth-order valence-corrected chi connectivity index (χ4v) is 5.05. The predicted octanol–water partition coefficient (Wildman–Crippen LogP) is -4.82. The van der Waals surface area contributed by atoms with E-state index in [0.29, 0.717) is 25.1 Å². The first kappa shape index (κ1) is 39.4. The summed E-state index contributed by atoms with van der Waals surface area (Å²) in [6.07, 6.45) is 2.20. The number of hydrogen-bond donors (Lipinski definition) is 10. The fraction of sp³-hybridized carbons (Fsp3) is 0.571. The molecule has 2 rings (SSSR count). The van der Waals surface area contributed by atoms with E-state index < -0.39 is 84.5 Å². The van der Waals surface area contributed by atoms with Crippen LogP contribution in [0.5, 0.6) is 0 Å². The third-order valence-electron chi connectivity index (χ3n) is 7.50. The smallest absolute Gasteiger partial charge is 0.305 e. The average Bonchev–Trinajstić information content (AvgIpc) is 3.72. The van der Waals surface area contributed by atoms with Crippen LogP contribution in [0, 0.1) is 0 Å². The lowest BCUT2D eigenvalue weighted by Gasteiger charge is -2.27. The number of aliphatic imine (C=N–C) groups is 1. The molecule has 270 valence electrons. The number of carboxylic acid groups (broad SMARTS) is 1. The molecule has 0 aromatic carbocycles. The standard InChI is InChI=1S/C28H44N12O9/c1-14(41)40-9-3-5-20(40)27(49)39-19(10-15-12-33-13-35-15)26(48)36-16(4-2-8-34-28(31)32)24(46)37-17(6-7-21(29)42)25(47)38-18(23(30)45)11-22(43)44/h12-13,16-20H,2-11H2,1H3,(H2,29,42)(H2,30,45)(H,33,35)(H,36,48)(H,37,46)(H,38,47)(H,39,49)(H,43,44)(H4,31,32,34)/t16-,17-,18-,19-,20-/m0/s1. The van der Waals surface area contributed by atoms with Gasteiger partial charge < -0.3 is 59.2 Å². The van der Waals surface area contributed by atoms with Gasteiger partial charge in [0.25, 0.3) is 0 Å². The zero-order valence-electron chi connectivity index (χ0n) is 27.0. The number of guanidine groups is 1. The second kappa shape index (κ2) is 19.2. The van der Waals surface area contributed by atoms with Gasteiger partial charge >= 0.3 is 5.97 Å². The number of aromatic amines is 1. The van der Waals surface area contributed by atoms with Crippen LogP contribution in [0.2, 0.25) is 0 Å². The van der Waals surface area contributed by atoms with Gasteiger partial charge in [-0.2, -0.15) is 0 Å². The van der Waals surface area contributed by atoms with E-state index >= 15 is 0 Å². The Labute approximate surface area is 280 Å². The molecule has 0 radical (unpaired) electrons. The van der Waals surface area contributed by atoms with Gasteiger partial charge in [0, 0.05) is 44.7 Å². The molecular weight excluding hydrogens is 648 g/mol. The van der Waals surface area contributed by atoms with E-state index in [1.54, 1.807) is 0 Å². The number of likely N-dealkylation sites (tertiary alicyclic amines) is 1. The molecule has 1 aliphatic rings. The number of carbonyl (C=O) groups is 8. The molecule has 1 fully saturated rings. The molecule has 14 N–H and O–H groups in total. The van der Waals surface area contributed by atoms with Crippen molar-refractivity contribution in [1.82, 2.24) is 36.1 Å². The first-order valence-corrected chi connectivity index (χ1v) is 15.4. The van der Waals surface area contributed by atoms with Crippen LogP contribution in [-0.2, 0) is 44.8 Å². The lowest BCUT2D eigenvalue weighted by atomic mass is 10.0. The number of nitrogens with one attached hydrogen (secondary N) is 5. The number of carboxylic acids is 1. The van der Waals surface area contributed by atoms with Gasteiger partial charge in [0.05, 0.1) is 12.7 Å². The molecule has 49 heavy (non-hydrogen) atoms. The van der Waals surface area contributed by atoms with Crippen molar-refractivity contribution in [2.75, 3.05) is 13.1 Å². The molecule has 21 heteroatoms. The van der Waals surface area contributed by atoms with E-state index in [0.717, 1.165) is 0 Å². The molecule has 0 saturated carbocycles. The summed E-state index contributed by atoms with van der Waals surface area (Å²) in [6.45, 7) is 1.77. The molecular formula is C28H44N12O9. The zero-order chi connectivity index (χ0) is 36.7. The van der Waals surface area contributed by atoms with Gasteiger partial charge in [-0.05, 0) is 32.1 Å². The number of nitrogens with two attached hydrogens (primary N) is 4. The van der Waals surface area contributed by atoms with Gasteiger partial charge in [0.15, 0.2) is 5.96 Å². The summed E-state index contributed by atoms with van der Waals surface area (Å²) < 4.78 is 0. The van der Waals surface area contributed by atoms with Gasteiger partial charge in [-0.3, -0.25) is 43.3 Å². The second-order valence-corrected chi connectivity index (χ2v) is 11.4. The highest BCUT2D eigenvalue weighted by Gasteiger charge is 2.36. The molecule has 21 nitrogen and oxygen atoms in total. The minimum atomic E-state index is -1.64. The van der Waals surface area contributed by atoms with Crippen molar-refractivity contribution in [3.8, 4) is 0 Å². The summed E-state index contributed by atoms with van der Waals surface area (Å²) in [5.74, 6) is -7.27. The molecule has 5 atom stereocenters. The molecule has 1 aromatic heterocycles. The predicted molar refractivity (Wildman–Crippen MR) is 170 cm³/mol. The summed E-state index contributed by atoms with van der Waals surface area (Å²) >= 11 is 0. The number of aliphatic carboxylic acids is 1. The fourth-order valence-electron chi connectivity index (χ4n) is 5.05. The topological polar surface area (TPSA) is 353 Å². The first-order chi connectivity index (χ1) is 23.1. The van der Waals surface area contributed by atoms with Crippen LogP contribution in [0.3, 0.4) is 0 Å². The molecule has 0 bridgehead atoms. The first-order valence-electron chi connectivity index (χ1n) is 15.4. The average molecular weight is 693 g/mol. The Morgan fingerprint density at radius 3 is 2.08 bits per heavy atom. The van der Waals surface area contributed by atoms with Gasteiger partial charge in [-0.25, -0.2) is 4.98 Å². The quantitative estimate of drug-likeness (QED) is 0.0350. The van der Waals surface area contributed by atoms with E-state index in [2.05, 4.69) is 36.2 Å². The molecule has 0 spiro atoms. The number of rotatable bonds is 20. The van der Waals surface area contributed by atoms with Gasteiger partial charge in [0.1, 0.15) is 30.2 Å². The number of aromatic nitrogens is 2. The summed E-state index contributed by atoms with van der Waals surface area (Å²) in [5.41, 5.74) is 21.7. The molecule has 2 heterocycles. The Bertz CT molecular complexity index is 1400. The van der Waals surface area contributed by atoms with Crippen molar-refractivity contribution in [2.45, 2.75) is 88.5 Å². The Balaban J connectivity index is 2.33. The van der Waals surface area contributed by atoms with Crippen molar-refractivity contribution in [2.24, 2.45) is 27.9 Å². The van der Waals surface area contributed by atoms with Crippen molar-refractivity contribution >= 4 is 53.3 Å². The van der Waals surface area contributed by atoms with Crippen molar-refractivity contribution in [1.29, 1.82) is 0 Å². The third kappa shape index (κ3) is 13.5. The Hall–Kier alpha value is -5.76. The number of carbonyl (C=O) groups excluding carboxylic acids is 7. The van der Waals surface area contributed by atoms with E-state index in [1.165, 1.54) is 24.3 Å². The zero-order valence-corrected chi connectivity index (χ0v) is 27.0. The highest BCUT2D eigenvalue weighted by atomic mass is 16.4. The summed E-state index contributed by atoms with van der Waals surface area (Å²) in [6, 6.07) is -6.58. The normalized spacial score (nSPS) is 16.3. The van der Waals surface area contributed by atoms with Crippen molar-refractivity contribution in [3.63, 3.8) is 0 Å². The van der Waals surface area contributed by atoms with Crippen LogP contribution in [0.4, 0.5) is 0 Å². The minimum Gasteiger partial charge on any atom is -0.481 e. The number of primary amides is 2. The molecule has 0 aliphatic carbocycles. The molecule has 1 saturated heterocycles. The lowest BCUT2D eigenvalue weighted by Crippen LogP contribution is -2.59. The summed E-state index contributed by atoms with van der Waals surface area (Å²) in [5, 5.41) is 18.9. The summed E-state index contributed by atoms with van der Waals surface area (Å²) in [7, 11) is 0. The number of hydrogen-bond acceptors (Lipinski definition) is 10. The van der Waals surface area contributed by atoms with E-state index in [1.807, 2.05) is 0 Å². The monoisotopic (exact) mass is 692 g/mol. The third-order valence-corrected chi connectivity index (χ3v) is 7.50. The highest BCUT2D eigenvalue weighted by Crippen LogP contribution is 2.18. The van der Waals surface area contributed by atoms with Crippen LogP contribution >= 0.6 is 0 Å². The van der Waals surface area contributed by atoms with E-state index in [-0.39, 0.29) is 44.1 Å². The minimum absolute atomic E-state index is 0.0555. The van der Waals surface area contributed by atoms with Gasteiger partial charge in [0.2, 0.25) is 41.4 Å². The molecule has 7 amide bonds. The Morgan fingerprint density at radius 1 is 0.939 bits per heavy atom. The Morgan fingerprint density at radius 2 is 1.55 bits per heavy atom. The largest absolute Gasteiger partial charge is 0.481 e. The highest BCUT2D eigenvalue weighted by molar-refractivity contribution is 5.97. The van der Waals surface area contributed by atoms with E-state index in [4.69, 9.17) is 28.0 Å². The van der Waals surface area contributed by atoms with E-state index in [9.17, 15) is 38.4 Å². The molecule has 1 aliphatic heterocycles. The number of imidazole rings is 1. The summed E-state index contributed by atoms with van der Waals surface area (Å²) in [4.78, 5) is 112. The SMILES string of the molecule is CC(=O)N1CCC[C@H]1C(=O)N[C@@H](Cc1cnc[nH]1)C(=O)N[C@@H](CCCN=C(N)N)C(=O)N[C@@H](CCC(N)=O)C(=O)N[C@@H](CC(=O)O)C(N)=O.